The molecule has 0 saturated heterocycles. The molecule has 2 atom stereocenters. The van der Waals surface area contributed by atoms with E-state index in [2.05, 4.69) is 10.1 Å². The third-order valence-electron chi connectivity index (χ3n) is 7.32. The number of aromatic nitrogens is 4. The number of hydrogen-bond acceptors (Lipinski definition) is 8. The first-order valence-corrected chi connectivity index (χ1v) is 13.3. The summed E-state index contributed by atoms with van der Waals surface area (Å²) < 4.78 is 18.9. The minimum Gasteiger partial charge on any atom is -0.473 e. The molecule has 0 spiro atoms. The van der Waals surface area contributed by atoms with E-state index >= 15 is 0 Å². The lowest BCUT2D eigenvalue weighted by atomic mass is 9.87. The summed E-state index contributed by atoms with van der Waals surface area (Å²) in [5.41, 5.74) is 2.79. The minimum absolute atomic E-state index is 0.0939. The Morgan fingerprint density at radius 2 is 1.89 bits per heavy atom. The highest BCUT2D eigenvalue weighted by molar-refractivity contribution is 5.72. The SMILES string of the molecule is Cc1nc(-c2cnn(C)c2COC(=O)N(C)C2CCCC2)cnc1O[C@H]1CCC[C@H](C(=O)OC(C)C)C1. The summed E-state index contributed by atoms with van der Waals surface area (Å²) in [6, 6.07) is 0.250. The number of carbonyl (C=O) groups excluding carboxylic acids is 2. The van der Waals surface area contributed by atoms with Gasteiger partial charge < -0.3 is 19.1 Å². The van der Waals surface area contributed by atoms with Gasteiger partial charge >= 0.3 is 12.1 Å². The predicted molar refractivity (Wildman–Crippen MR) is 137 cm³/mol. The topological polar surface area (TPSA) is 109 Å². The maximum atomic E-state index is 12.6. The first-order valence-electron chi connectivity index (χ1n) is 13.3. The van der Waals surface area contributed by atoms with Crippen LogP contribution in [0.3, 0.4) is 0 Å². The molecule has 2 aromatic heterocycles. The molecule has 10 heteroatoms. The quantitative estimate of drug-likeness (QED) is 0.472. The van der Waals surface area contributed by atoms with E-state index in [-0.39, 0.29) is 42.8 Å². The van der Waals surface area contributed by atoms with Gasteiger partial charge in [0.1, 0.15) is 18.4 Å². The molecular formula is C27H39N5O5. The van der Waals surface area contributed by atoms with E-state index in [1.807, 2.05) is 27.8 Å². The molecule has 0 aromatic carbocycles. The highest BCUT2D eigenvalue weighted by atomic mass is 16.6. The Labute approximate surface area is 218 Å². The summed E-state index contributed by atoms with van der Waals surface area (Å²) in [5.74, 6) is 0.157. The van der Waals surface area contributed by atoms with Crippen LogP contribution < -0.4 is 4.74 Å². The normalized spacial score (nSPS) is 20.2. The van der Waals surface area contributed by atoms with Crippen LogP contribution in [0.5, 0.6) is 5.88 Å². The van der Waals surface area contributed by atoms with Crippen LogP contribution in [0.2, 0.25) is 0 Å². The molecule has 2 aromatic rings. The predicted octanol–water partition coefficient (Wildman–Crippen LogP) is 4.59. The molecule has 0 radical (unpaired) electrons. The lowest BCUT2D eigenvalue weighted by Gasteiger charge is -2.28. The molecule has 37 heavy (non-hydrogen) atoms. The molecule has 2 fully saturated rings. The Hall–Kier alpha value is -3.17. The third kappa shape index (κ3) is 6.59. The first kappa shape index (κ1) is 26.9. The summed E-state index contributed by atoms with van der Waals surface area (Å²) >= 11 is 0. The Balaban J connectivity index is 1.40. The van der Waals surface area contributed by atoms with Gasteiger partial charge in [-0.2, -0.15) is 5.10 Å². The second-order valence-electron chi connectivity index (χ2n) is 10.5. The van der Waals surface area contributed by atoms with Crippen LogP contribution in [0.1, 0.15) is 76.6 Å². The zero-order valence-electron chi connectivity index (χ0n) is 22.6. The molecule has 2 heterocycles. The smallest absolute Gasteiger partial charge is 0.410 e. The Morgan fingerprint density at radius 3 is 2.59 bits per heavy atom. The number of hydrogen-bond donors (Lipinski definition) is 0. The lowest BCUT2D eigenvalue weighted by Crippen LogP contribution is -2.35. The van der Waals surface area contributed by atoms with Crippen molar-refractivity contribution >= 4 is 12.1 Å². The van der Waals surface area contributed by atoms with Gasteiger partial charge in [-0.25, -0.2) is 14.8 Å². The molecule has 0 N–H and O–H groups in total. The molecule has 2 aliphatic carbocycles. The van der Waals surface area contributed by atoms with Gasteiger partial charge in [0.05, 0.1) is 35.8 Å². The Kier molecular flexibility index (Phi) is 8.66. The number of nitrogens with zero attached hydrogens (tertiary/aromatic N) is 5. The zero-order chi connectivity index (χ0) is 26.5. The van der Waals surface area contributed by atoms with E-state index in [1.165, 1.54) is 0 Å². The largest absolute Gasteiger partial charge is 0.473 e. The van der Waals surface area contributed by atoms with Crippen molar-refractivity contribution in [2.45, 2.75) is 97.0 Å². The van der Waals surface area contributed by atoms with Crippen molar-refractivity contribution < 1.29 is 23.8 Å². The molecule has 0 bridgehead atoms. The van der Waals surface area contributed by atoms with Gasteiger partial charge in [0.2, 0.25) is 5.88 Å². The van der Waals surface area contributed by atoms with Crippen molar-refractivity contribution in [3.63, 3.8) is 0 Å². The van der Waals surface area contributed by atoms with E-state index < -0.39 is 0 Å². The maximum absolute atomic E-state index is 12.6. The number of rotatable bonds is 8. The standard InChI is InChI=1S/C27H39N5O5/c1-17(2)36-26(33)19-9-8-12-21(13-19)37-25-18(3)30-23(15-28-25)22-14-29-32(5)24(22)16-35-27(34)31(4)20-10-6-7-11-20/h14-15,17,19-21H,6-13,16H2,1-5H3/t19-,21-/m0/s1. The van der Waals surface area contributed by atoms with E-state index in [0.29, 0.717) is 23.7 Å². The summed E-state index contributed by atoms with van der Waals surface area (Å²) in [6.07, 6.45) is 10.4. The van der Waals surface area contributed by atoms with E-state index in [4.69, 9.17) is 19.2 Å². The van der Waals surface area contributed by atoms with Crippen molar-refractivity contribution in [1.82, 2.24) is 24.6 Å². The van der Waals surface area contributed by atoms with Gasteiger partial charge in [-0.1, -0.05) is 12.8 Å². The number of ether oxygens (including phenoxy) is 3. The summed E-state index contributed by atoms with van der Waals surface area (Å²) in [7, 11) is 3.62. The fourth-order valence-corrected chi connectivity index (χ4v) is 5.19. The first-order chi connectivity index (χ1) is 17.7. The molecule has 2 aliphatic rings. The fourth-order valence-electron chi connectivity index (χ4n) is 5.19. The molecule has 10 nitrogen and oxygen atoms in total. The van der Waals surface area contributed by atoms with Gasteiger partial charge in [-0.05, 0) is 59.3 Å². The van der Waals surface area contributed by atoms with Crippen LogP contribution in [-0.2, 0) is 27.9 Å². The van der Waals surface area contributed by atoms with E-state index in [1.54, 1.807) is 29.0 Å². The van der Waals surface area contributed by atoms with Crippen molar-refractivity contribution in [3.8, 4) is 17.1 Å². The average molecular weight is 514 g/mol. The molecule has 2 saturated carbocycles. The van der Waals surface area contributed by atoms with Crippen molar-refractivity contribution in [2.75, 3.05) is 7.05 Å². The van der Waals surface area contributed by atoms with Crippen LogP contribution in [0.25, 0.3) is 11.3 Å². The van der Waals surface area contributed by atoms with Crippen molar-refractivity contribution in [3.05, 3.63) is 23.8 Å². The van der Waals surface area contributed by atoms with Crippen molar-refractivity contribution in [1.29, 1.82) is 0 Å². The van der Waals surface area contributed by atoms with Crippen LogP contribution in [0.4, 0.5) is 4.79 Å². The van der Waals surface area contributed by atoms with Crippen LogP contribution in [0, 0.1) is 12.8 Å². The zero-order valence-corrected chi connectivity index (χ0v) is 22.6. The second-order valence-corrected chi connectivity index (χ2v) is 10.5. The molecule has 4 rings (SSSR count). The summed E-state index contributed by atoms with van der Waals surface area (Å²) in [4.78, 5) is 35.9. The highest BCUT2D eigenvalue weighted by Gasteiger charge is 2.31. The minimum atomic E-state index is -0.326. The average Bonchev–Trinajstić information content (AvgIpc) is 3.53. The lowest BCUT2D eigenvalue weighted by molar-refractivity contribution is -0.154. The van der Waals surface area contributed by atoms with Crippen LogP contribution in [0.15, 0.2) is 12.4 Å². The van der Waals surface area contributed by atoms with Gasteiger partial charge in [0.25, 0.3) is 0 Å². The van der Waals surface area contributed by atoms with E-state index in [9.17, 15) is 9.59 Å². The third-order valence-corrected chi connectivity index (χ3v) is 7.32. The highest BCUT2D eigenvalue weighted by Crippen LogP contribution is 2.30. The van der Waals surface area contributed by atoms with Gasteiger partial charge in [-0.3, -0.25) is 9.48 Å². The van der Waals surface area contributed by atoms with E-state index in [0.717, 1.165) is 56.2 Å². The van der Waals surface area contributed by atoms with Gasteiger partial charge in [0.15, 0.2) is 0 Å². The van der Waals surface area contributed by atoms with Gasteiger partial charge in [-0.15, -0.1) is 0 Å². The van der Waals surface area contributed by atoms with Crippen LogP contribution in [-0.4, -0.2) is 62.0 Å². The summed E-state index contributed by atoms with van der Waals surface area (Å²) in [5, 5.41) is 4.35. The second kappa shape index (κ2) is 11.9. The maximum Gasteiger partial charge on any atom is 0.410 e. The molecule has 0 aliphatic heterocycles. The molecule has 0 unspecified atom stereocenters. The number of esters is 1. The van der Waals surface area contributed by atoms with Crippen LogP contribution >= 0.6 is 0 Å². The molecular weight excluding hydrogens is 474 g/mol. The number of carbonyl (C=O) groups is 2. The number of amides is 1. The Bertz CT molecular complexity index is 1090. The van der Waals surface area contributed by atoms with Crippen molar-refractivity contribution in [2.24, 2.45) is 13.0 Å². The molecule has 1 amide bonds. The van der Waals surface area contributed by atoms with Gasteiger partial charge in [0, 0.05) is 25.7 Å². The number of aryl methyl sites for hydroxylation is 2. The Morgan fingerprint density at radius 1 is 1.14 bits per heavy atom. The fraction of sp³-hybridized carbons (Fsp3) is 0.667. The molecule has 202 valence electrons. The monoisotopic (exact) mass is 513 g/mol. The summed E-state index contributed by atoms with van der Waals surface area (Å²) in [6.45, 7) is 5.67.